The Morgan fingerprint density at radius 3 is 1.96 bits per heavy atom. The van der Waals surface area contributed by atoms with Crippen LogP contribution in [0.4, 0.5) is 13.2 Å². The third kappa shape index (κ3) is 4.58. The molecule has 152 valence electrons. The number of benzene rings is 2. The zero-order chi connectivity index (χ0) is 20.5. The molecule has 1 fully saturated rings. The van der Waals surface area contributed by atoms with E-state index in [0.717, 1.165) is 30.8 Å². The molecule has 0 N–H and O–H groups in total. The molecular weight excluding hydrogens is 361 g/mol. The molecule has 2 aromatic carbocycles. The normalized spacial score (nSPS) is 20.9. The second-order valence-electron chi connectivity index (χ2n) is 8.79. The van der Waals surface area contributed by atoms with Gasteiger partial charge in [-0.1, -0.05) is 63.2 Å². The van der Waals surface area contributed by atoms with E-state index in [4.69, 9.17) is 0 Å². The first-order valence-electron chi connectivity index (χ1n) is 9.74. The first kappa shape index (κ1) is 20.9. The van der Waals surface area contributed by atoms with Gasteiger partial charge in [-0.05, 0) is 35.7 Å². The molecule has 0 aliphatic carbocycles. The molecule has 0 amide bonds. The van der Waals surface area contributed by atoms with E-state index in [1.54, 1.807) is 12.1 Å². The van der Waals surface area contributed by atoms with E-state index in [0.29, 0.717) is 6.04 Å². The fourth-order valence-corrected chi connectivity index (χ4v) is 4.17. The molecule has 1 heterocycles. The summed E-state index contributed by atoms with van der Waals surface area (Å²) in [6.45, 7) is 9.42. The Morgan fingerprint density at radius 1 is 0.857 bits per heavy atom. The van der Waals surface area contributed by atoms with Crippen LogP contribution in [-0.2, 0) is 6.18 Å². The molecule has 1 saturated heterocycles. The van der Waals surface area contributed by atoms with Crippen molar-refractivity contribution in [3.8, 4) is 0 Å². The van der Waals surface area contributed by atoms with Crippen molar-refractivity contribution >= 4 is 0 Å². The van der Waals surface area contributed by atoms with Crippen LogP contribution in [0.15, 0.2) is 54.6 Å². The van der Waals surface area contributed by atoms with Crippen molar-refractivity contribution in [3.05, 3.63) is 71.3 Å². The van der Waals surface area contributed by atoms with Crippen LogP contribution < -0.4 is 0 Å². The van der Waals surface area contributed by atoms with Crippen LogP contribution in [-0.4, -0.2) is 42.5 Å². The fraction of sp³-hybridized carbons (Fsp3) is 0.478. The zero-order valence-electron chi connectivity index (χ0n) is 17.0. The second-order valence-corrected chi connectivity index (χ2v) is 8.79. The number of hydrogen-bond donors (Lipinski definition) is 0. The summed E-state index contributed by atoms with van der Waals surface area (Å²) in [6, 6.07) is 16.0. The summed E-state index contributed by atoms with van der Waals surface area (Å²) in [6.07, 6.45) is -4.31. The first-order valence-corrected chi connectivity index (χ1v) is 9.74. The lowest BCUT2D eigenvalue weighted by atomic mass is 9.83. The molecule has 5 heteroatoms. The Morgan fingerprint density at radius 2 is 1.43 bits per heavy atom. The van der Waals surface area contributed by atoms with Gasteiger partial charge in [-0.15, -0.1) is 0 Å². The van der Waals surface area contributed by atoms with E-state index in [2.05, 4.69) is 49.8 Å². The number of alkyl halides is 3. The van der Waals surface area contributed by atoms with Crippen LogP contribution in [0.5, 0.6) is 0 Å². The van der Waals surface area contributed by atoms with Crippen LogP contribution in [0.1, 0.15) is 43.5 Å². The standard InChI is InChI=1S/C23H29F3N2/c1-22(2,3)20-16-28(15-14-27(20)4)21(17-8-6-5-7-9-17)18-10-12-19(13-11-18)23(24,25)26/h5-13,20-21H,14-16H2,1-4H3. The van der Waals surface area contributed by atoms with Gasteiger partial charge in [0, 0.05) is 25.7 Å². The molecule has 28 heavy (non-hydrogen) atoms. The van der Waals surface area contributed by atoms with Gasteiger partial charge in [-0.3, -0.25) is 4.90 Å². The zero-order valence-corrected chi connectivity index (χ0v) is 17.0. The quantitative estimate of drug-likeness (QED) is 0.687. The molecule has 0 radical (unpaired) electrons. The topological polar surface area (TPSA) is 6.48 Å². The maximum absolute atomic E-state index is 13.0. The highest BCUT2D eigenvalue weighted by atomic mass is 19.4. The van der Waals surface area contributed by atoms with E-state index in [1.165, 1.54) is 12.1 Å². The number of likely N-dealkylation sites (N-methyl/N-ethyl adjacent to an activating group) is 1. The summed E-state index contributed by atoms with van der Waals surface area (Å²) in [7, 11) is 2.16. The van der Waals surface area contributed by atoms with E-state index >= 15 is 0 Å². The number of rotatable bonds is 3. The van der Waals surface area contributed by atoms with Gasteiger partial charge in [-0.25, -0.2) is 0 Å². The summed E-state index contributed by atoms with van der Waals surface area (Å²) in [5.74, 6) is 0. The van der Waals surface area contributed by atoms with Crippen LogP contribution in [0.2, 0.25) is 0 Å². The lowest BCUT2D eigenvalue weighted by molar-refractivity contribution is -0.137. The highest BCUT2D eigenvalue weighted by Gasteiger charge is 2.37. The Hall–Kier alpha value is -1.85. The Balaban J connectivity index is 1.97. The van der Waals surface area contributed by atoms with E-state index in [-0.39, 0.29) is 11.5 Å². The molecule has 1 aliphatic heterocycles. The molecule has 1 aliphatic rings. The molecule has 0 saturated carbocycles. The average molecular weight is 390 g/mol. The first-order chi connectivity index (χ1) is 13.1. The lowest BCUT2D eigenvalue weighted by Gasteiger charge is -2.48. The molecule has 2 atom stereocenters. The van der Waals surface area contributed by atoms with Crippen molar-refractivity contribution in [2.24, 2.45) is 5.41 Å². The summed E-state index contributed by atoms with van der Waals surface area (Å²) in [5.41, 5.74) is 1.53. The molecule has 3 rings (SSSR count). The number of piperazine rings is 1. The van der Waals surface area contributed by atoms with Gasteiger partial charge < -0.3 is 4.90 Å². The highest BCUT2D eigenvalue weighted by molar-refractivity contribution is 5.34. The molecule has 2 nitrogen and oxygen atoms in total. The predicted molar refractivity (Wildman–Crippen MR) is 107 cm³/mol. The average Bonchev–Trinajstić information content (AvgIpc) is 2.63. The molecule has 0 aromatic heterocycles. The third-order valence-electron chi connectivity index (χ3n) is 5.71. The minimum Gasteiger partial charge on any atom is -0.300 e. The SMILES string of the molecule is CN1CCN(C(c2ccccc2)c2ccc(C(F)(F)F)cc2)CC1C(C)(C)C. The predicted octanol–water partition coefficient (Wildman–Crippen LogP) is 5.46. The van der Waals surface area contributed by atoms with Crippen molar-refractivity contribution < 1.29 is 13.2 Å². The number of halogens is 3. The van der Waals surface area contributed by atoms with Crippen molar-refractivity contribution in [1.29, 1.82) is 0 Å². The van der Waals surface area contributed by atoms with Crippen LogP contribution in [0.3, 0.4) is 0 Å². The van der Waals surface area contributed by atoms with E-state index in [1.807, 2.05) is 18.2 Å². The molecule has 0 spiro atoms. The molecule has 2 aromatic rings. The Labute approximate surface area is 166 Å². The van der Waals surface area contributed by atoms with Gasteiger partial charge in [0.15, 0.2) is 0 Å². The largest absolute Gasteiger partial charge is 0.416 e. The number of hydrogen-bond acceptors (Lipinski definition) is 2. The van der Waals surface area contributed by atoms with Crippen molar-refractivity contribution in [2.45, 2.75) is 39.0 Å². The molecular formula is C23H29F3N2. The van der Waals surface area contributed by atoms with Crippen LogP contribution in [0.25, 0.3) is 0 Å². The third-order valence-corrected chi connectivity index (χ3v) is 5.71. The van der Waals surface area contributed by atoms with Crippen molar-refractivity contribution in [2.75, 3.05) is 26.7 Å². The monoisotopic (exact) mass is 390 g/mol. The maximum atomic E-state index is 13.0. The van der Waals surface area contributed by atoms with Gasteiger partial charge in [-0.2, -0.15) is 13.2 Å². The molecule has 0 bridgehead atoms. The summed E-state index contributed by atoms with van der Waals surface area (Å²) >= 11 is 0. The minimum absolute atomic E-state index is 0.0537. The smallest absolute Gasteiger partial charge is 0.300 e. The second kappa shape index (κ2) is 7.88. The summed E-state index contributed by atoms with van der Waals surface area (Å²) < 4.78 is 39.0. The van der Waals surface area contributed by atoms with Crippen LogP contribution in [0, 0.1) is 5.41 Å². The van der Waals surface area contributed by atoms with Gasteiger partial charge in [0.1, 0.15) is 0 Å². The Bertz CT molecular complexity index is 763. The van der Waals surface area contributed by atoms with E-state index < -0.39 is 11.7 Å². The summed E-state index contributed by atoms with van der Waals surface area (Å²) in [4.78, 5) is 4.80. The fourth-order valence-electron chi connectivity index (χ4n) is 4.17. The van der Waals surface area contributed by atoms with E-state index in [9.17, 15) is 13.2 Å². The van der Waals surface area contributed by atoms with Crippen molar-refractivity contribution in [1.82, 2.24) is 9.80 Å². The van der Waals surface area contributed by atoms with Gasteiger partial charge in [0.05, 0.1) is 11.6 Å². The molecule has 2 unspecified atom stereocenters. The Kier molecular flexibility index (Phi) is 5.87. The maximum Gasteiger partial charge on any atom is 0.416 e. The van der Waals surface area contributed by atoms with Gasteiger partial charge >= 0.3 is 6.18 Å². The van der Waals surface area contributed by atoms with Gasteiger partial charge in [0.25, 0.3) is 0 Å². The highest BCUT2D eigenvalue weighted by Crippen LogP contribution is 2.36. The lowest BCUT2D eigenvalue weighted by Crippen LogP contribution is -2.57. The van der Waals surface area contributed by atoms with Crippen LogP contribution >= 0.6 is 0 Å². The van der Waals surface area contributed by atoms with Gasteiger partial charge in [0.2, 0.25) is 0 Å². The number of nitrogens with zero attached hydrogens (tertiary/aromatic N) is 2. The summed E-state index contributed by atoms with van der Waals surface area (Å²) in [5, 5.41) is 0. The minimum atomic E-state index is -4.31. The van der Waals surface area contributed by atoms with Crippen molar-refractivity contribution in [3.63, 3.8) is 0 Å².